The van der Waals surface area contributed by atoms with Crippen LogP contribution in [0.5, 0.6) is 0 Å². The molecule has 0 unspecified atom stereocenters. The Morgan fingerprint density at radius 2 is 1.95 bits per heavy atom. The molecule has 1 aromatic rings. The average Bonchev–Trinajstić information content (AvgIpc) is 2.43. The first-order valence-corrected chi connectivity index (χ1v) is 6.71. The van der Waals surface area contributed by atoms with Gasteiger partial charge < -0.3 is 15.7 Å². The summed E-state index contributed by atoms with van der Waals surface area (Å²) in [5.74, 6) is -1.30. The van der Waals surface area contributed by atoms with Crippen LogP contribution in [0, 0.1) is 10.1 Å². The summed E-state index contributed by atoms with van der Waals surface area (Å²) in [7, 11) is 0. The van der Waals surface area contributed by atoms with Gasteiger partial charge in [-0.3, -0.25) is 19.7 Å². The maximum absolute atomic E-state index is 11.9. The third kappa shape index (κ3) is 5.78. The van der Waals surface area contributed by atoms with Crippen molar-refractivity contribution in [3.63, 3.8) is 0 Å². The normalized spacial score (nSPS) is 10.8. The molecular formula is C14H19N3O5. The van der Waals surface area contributed by atoms with E-state index < -0.39 is 16.4 Å². The predicted octanol–water partition coefficient (Wildman–Crippen LogP) is 1.77. The molecule has 0 bridgehead atoms. The van der Waals surface area contributed by atoms with Gasteiger partial charge in [0.05, 0.1) is 11.5 Å². The number of anilines is 1. The summed E-state index contributed by atoms with van der Waals surface area (Å²) in [4.78, 5) is 32.7. The van der Waals surface area contributed by atoms with E-state index in [-0.39, 0.29) is 30.2 Å². The Kier molecular flexibility index (Phi) is 5.85. The lowest BCUT2D eigenvalue weighted by Crippen LogP contribution is -2.46. The van der Waals surface area contributed by atoms with Crippen molar-refractivity contribution in [3.05, 3.63) is 34.4 Å². The Bertz CT molecular complexity index is 571. The summed E-state index contributed by atoms with van der Waals surface area (Å²) in [6.07, 6.45) is 0.240. The number of carbonyl (C=O) groups is 2. The lowest BCUT2D eigenvalue weighted by Gasteiger charge is -2.25. The third-order valence-corrected chi connectivity index (χ3v) is 2.98. The van der Waals surface area contributed by atoms with Gasteiger partial charge in [0.1, 0.15) is 5.69 Å². The third-order valence-electron chi connectivity index (χ3n) is 2.98. The average molecular weight is 309 g/mol. The summed E-state index contributed by atoms with van der Waals surface area (Å²) < 4.78 is 0. The molecule has 0 atom stereocenters. The predicted molar refractivity (Wildman–Crippen MR) is 80.7 cm³/mol. The molecule has 0 saturated heterocycles. The number of para-hydroxylation sites is 2. The maximum Gasteiger partial charge on any atom is 0.303 e. The quantitative estimate of drug-likeness (QED) is 0.497. The van der Waals surface area contributed by atoms with Crippen LogP contribution in [-0.2, 0) is 9.59 Å². The Balaban J connectivity index is 2.56. The van der Waals surface area contributed by atoms with Crippen LogP contribution in [0.15, 0.2) is 24.3 Å². The molecule has 8 heteroatoms. The second kappa shape index (κ2) is 7.39. The van der Waals surface area contributed by atoms with Gasteiger partial charge >= 0.3 is 5.97 Å². The number of aliphatic carboxylic acids is 1. The number of nitrogens with one attached hydrogen (secondary N) is 2. The van der Waals surface area contributed by atoms with Crippen LogP contribution in [-0.4, -0.2) is 34.0 Å². The Labute approximate surface area is 127 Å². The van der Waals surface area contributed by atoms with E-state index in [1.165, 1.54) is 12.1 Å². The highest BCUT2D eigenvalue weighted by atomic mass is 16.6. The van der Waals surface area contributed by atoms with Crippen molar-refractivity contribution >= 4 is 23.3 Å². The number of carboxylic acids is 1. The van der Waals surface area contributed by atoms with E-state index >= 15 is 0 Å². The first kappa shape index (κ1) is 17.4. The molecular weight excluding hydrogens is 290 g/mol. The SMILES string of the molecule is CC(C)(CCC(=O)O)NC(=O)CNc1ccccc1[N+](=O)[O-]. The molecule has 0 radical (unpaired) electrons. The van der Waals surface area contributed by atoms with E-state index in [0.717, 1.165) is 0 Å². The van der Waals surface area contributed by atoms with Crippen LogP contribution in [0.4, 0.5) is 11.4 Å². The lowest BCUT2D eigenvalue weighted by atomic mass is 9.98. The molecule has 8 nitrogen and oxygen atoms in total. The molecule has 120 valence electrons. The number of nitrogens with zero attached hydrogens (tertiary/aromatic N) is 1. The van der Waals surface area contributed by atoms with Gasteiger partial charge in [-0.15, -0.1) is 0 Å². The van der Waals surface area contributed by atoms with Gasteiger partial charge in [-0.2, -0.15) is 0 Å². The minimum Gasteiger partial charge on any atom is -0.481 e. The van der Waals surface area contributed by atoms with Gasteiger partial charge in [-0.25, -0.2) is 0 Å². The Morgan fingerprint density at radius 3 is 2.55 bits per heavy atom. The van der Waals surface area contributed by atoms with Crippen molar-refractivity contribution in [2.45, 2.75) is 32.2 Å². The van der Waals surface area contributed by atoms with Crippen molar-refractivity contribution in [1.29, 1.82) is 0 Å². The van der Waals surface area contributed by atoms with Crippen LogP contribution >= 0.6 is 0 Å². The van der Waals surface area contributed by atoms with E-state index in [9.17, 15) is 19.7 Å². The van der Waals surface area contributed by atoms with Crippen LogP contribution in [0.2, 0.25) is 0 Å². The minimum atomic E-state index is -0.930. The number of hydrogen-bond donors (Lipinski definition) is 3. The molecule has 0 aliphatic carbocycles. The van der Waals surface area contributed by atoms with Crippen LogP contribution in [0.1, 0.15) is 26.7 Å². The summed E-state index contributed by atoms with van der Waals surface area (Å²) in [5, 5.41) is 24.9. The first-order chi connectivity index (χ1) is 10.2. The van der Waals surface area contributed by atoms with E-state index in [4.69, 9.17) is 5.11 Å². The molecule has 0 fully saturated rings. The van der Waals surface area contributed by atoms with E-state index in [2.05, 4.69) is 10.6 Å². The molecule has 0 heterocycles. The highest BCUT2D eigenvalue weighted by Gasteiger charge is 2.21. The van der Waals surface area contributed by atoms with Crippen LogP contribution in [0.25, 0.3) is 0 Å². The fourth-order valence-corrected chi connectivity index (χ4v) is 1.86. The number of benzene rings is 1. The second-order valence-corrected chi connectivity index (χ2v) is 5.45. The molecule has 22 heavy (non-hydrogen) atoms. The van der Waals surface area contributed by atoms with E-state index in [1.54, 1.807) is 26.0 Å². The molecule has 1 amide bonds. The molecule has 0 aromatic heterocycles. The topological polar surface area (TPSA) is 122 Å². The van der Waals surface area contributed by atoms with Crippen LogP contribution < -0.4 is 10.6 Å². The fourth-order valence-electron chi connectivity index (χ4n) is 1.86. The van der Waals surface area contributed by atoms with Gasteiger partial charge in [-0.1, -0.05) is 12.1 Å². The number of carbonyl (C=O) groups excluding carboxylic acids is 1. The lowest BCUT2D eigenvalue weighted by molar-refractivity contribution is -0.383. The number of rotatable bonds is 8. The molecule has 0 aliphatic heterocycles. The number of nitro groups is 1. The highest BCUT2D eigenvalue weighted by Crippen LogP contribution is 2.22. The highest BCUT2D eigenvalue weighted by molar-refractivity contribution is 5.82. The number of nitro benzene ring substituents is 1. The summed E-state index contributed by atoms with van der Waals surface area (Å²) in [5.41, 5.74) is -0.522. The molecule has 0 spiro atoms. The molecule has 0 aliphatic rings. The van der Waals surface area contributed by atoms with Gasteiger partial charge in [0.2, 0.25) is 5.91 Å². The van der Waals surface area contributed by atoms with E-state index in [0.29, 0.717) is 6.42 Å². The first-order valence-electron chi connectivity index (χ1n) is 6.71. The van der Waals surface area contributed by atoms with E-state index in [1.807, 2.05) is 0 Å². The van der Waals surface area contributed by atoms with Gasteiger partial charge in [0.25, 0.3) is 5.69 Å². The van der Waals surface area contributed by atoms with Crippen molar-refractivity contribution in [3.8, 4) is 0 Å². The number of amides is 1. The van der Waals surface area contributed by atoms with Crippen molar-refractivity contribution in [2.75, 3.05) is 11.9 Å². The standard InChI is InChI=1S/C14H19N3O5/c1-14(2,8-7-13(19)20)16-12(18)9-15-10-5-3-4-6-11(10)17(21)22/h3-6,15H,7-9H2,1-2H3,(H,16,18)(H,19,20). The van der Waals surface area contributed by atoms with Gasteiger partial charge in [0.15, 0.2) is 0 Å². The minimum absolute atomic E-state index is 0.0507. The largest absolute Gasteiger partial charge is 0.481 e. The van der Waals surface area contributed by atoms with Crippen LogP contribution in [0.3, 0.4) is 0 Å². The van der Waals surface area contributed by atoms with Crippen molar-refractivity contribution in [2.24, 2.45) is 0 Å². The molecule has 1 aromatic carbocycles. The molecule has 3 N–H and O–H groups in total. The fraction of sp³-hybridized carbons (Fsp3) is 0.429. The molecule has 1 rings (SSSR count). The zero-order valence-corrected chi connectivity index (χ0v) is 12.5. The summed E-state index contributed by atoms with van der Waals surface area (Å²) in [6.45, 7) is 3.30. The monoisotopic (exact) mass is 309 g/mol. The molecule has 0 saturated carbocycles. The van der Waals surface area contributed by atoms with Crippen molar-refractivity contribution in [1.82, 2.24) is 5.32 Å². The zero-order chi connectivity index (χ0) is 16.8. The zero-order valence-electron chi connectivity index (χ0n) is 12.5. The van der Waals surface area contributed by atoms with Gasteiger partial charge in [0, 0.05) is 18.0 Å². The van der Waals surface area contributed by atoms with Gasteiger partial charge in [-0.05, 0) is 26.3 Å². The maximum atomic E-state index is 11.9. The van der Waals surface area contributed by atoms with Crippen molar-refractivity contribution < 1.29 is 19.6 Å². The Hall–Kier alpha value is -2.64. The number of hydrogen-bond acceptors (Lipinski definition) is 5. The summed E-state index contributed by atoms with van der Waals surface area (Å²) >= 11 is 0. The Morgan fingerprint density at radius 1 is 1.32 bits per heavy atom. The summed E-state index contributed by atoms with van der Waals surface area (Å²) in [6, 6.07) is 6.03. The number of carboxylic acid groups (broad SMARTS) is 1. The second-order valence-electron chi connectivity index (χ2n) is 5.45. The smallest absolute Gasteiger partial charge is 0.303 e.